The summed E-state index contributed by atoms with van der Waals surface area (Å²) in [6.45, 7) is 3.98. The smallest absolute Gasteiger partial charge is 0.142 e. The van der Waals surface area contributed by atoms with Crippen molar-refractivity contribution in [2.75, 3.05) is 7.11 Å². The number of ether oxygens (including phenoxy) is 1. The number of hydrogen-bond acceptors (Lipinski definition) is 1. The first-order valence-corrected chi connectivity index (χ1v) is 8.38. The maximum Gasteiger partial charge on any atom is 0.142 e. The van der Waals surface area contributed by atoms with Crippen LogP contribution >= 0.6 is 43.5 Å². The van der Waals surface area contributed by atoms with Gasteiger partial charge in [-0.2, -0.15) is 0 Å². The molecule has 0 amide bonds. The Morgan fingerprint density at radius 2 is 1.90 bits per heavy atom. The third kappa shape index (κ3) is 3.27. The zero-order valence-corrected chi connectivity index (χ0v) is 15.7. The summed E-state index contributed by atoms with van der Waals surface area (Å²) in [7, 11) is 1.64. The van der Waals surface area contributed by atoms with Gasteiger partial charge >= 0.3 is 0 Å². The van der Waals surface area contributed by atoms with Gasteiger partial charge in [-0.15, -0.1) is 0 Å². The second-order valence-electron chi connectivity index (χ2n) is 4.78. The van der Waals surface area contributed by atoms with Crippen LogP contribution in [0, 0.1) is 19.7 Å². The first-order chi connectivity index (χ1) is 9.86. The molecule has 0 saturated heterocycles. The van der Waals surface area contributed by atoms with Gasteiger partial charge in [0.25, 0.3) is 0 Å². The quantitative estimate of drug-likeness (QED) is 0.510. The first-order valence-electron chi connectivity index (χ1n) is 6.29. The van der Waals surface area contributed by atoms with Crippen LogP contribution in [0.3, 0.4) is 0 Å². The number of aryl methyl sites for hydroxylation is 1. The van der Waals surface area contributed by atoms with E-state index < -0.39 is 5.82 Å². The van der Waals surface area contributed by atoms with Crippen molar-refractivity contribution in [3.8, 4) is 5.75 Å². The topological polar surface area (TPSA) is 9.23 Å². The Labute approximate surface area is 145 Å². The van der Waals surface area contributed by atoms with E-state index in [9.17, 15) is 4.39 Å². The van der Waals surface area contributed by atoms with Crippen molar-refractivity contribution in [3.63, 3.8) is 0 Å². The van der Waals surface area contributed by atoms with Crippen molar-refractivity contribution in [3.05, 3.63) is 61.8 Å². The molecule has 0 heterocycles. The van der Waals surface area contributed by atoms with Gasteiger partial charge in [0.05, 0.1) is 17.0 Å². The maximum atomic E-state index is 13.7. The van der Waals surface area contributed by atoms with Gasteiger partial charge in [0.1, 0.15) is 11.6 Å². The number of alkyl halides is 1. The minimum Gasteiger partial charge on any atom is -0.496 e. The molecule has 0 aliphatic rings. The van der Waals surface area contributed by atoms with E-state index in [1.165, 1.54) is 6.07 Å². The van der Waals surface area contributed by atoms with Gasteiger partial charge in [-0.3, -0.25) is 0 Å². The molecule has 0 aliphatic carbocycles. The molecule has 2 aromatic rings. The summed E-state index contributed by atoms with van der Waals surface area (Å²) >= 11 is 13.0. The Balaban J connectivity index is 2.62. The second kappa shape index (κ2) is 6.67. The van der Waals surface area contributed by atoms with Crippen molar-refractivity contribution in [2.45, 2.75) is 18.7 Å². The zero-order valence-electron chi connectivity index (χ0n) is 11.8. The highest BCUT2D eigenvalue weighted by molar-refractivity contribution is 9.10. The summed E-state index contributed by atoms with van der Waals surface area (Å²) in [5, 5.41) is 0.118. The molecule has 2 rings (SSSR count). The van der Waals surface area contributed by atoms with E-state index in [0.29, 0.717) is 0 Å². The molecule has 21 heavy (non-hydrogen) atoms. The van der Waals surface area contributed by atoms with Crippen LogP contribution in [0.15, 0.2) is 28.7 Å². The summed E-state index contributed by atoms with van der Waals surface area (Å²) in [6.07, 6.45) is 0. The molecule has 112 valence electrons. The molecule has 0 aromatic heterocycles. The first kappa shape index (κ1) is 16.8. The van der Waals surface area contributed by atoms with E-state index >= 15 is 0 Å². The summed E-state index contributed by atoms with van der Waals surface area (Å²) in [4.78, 5) is -0.185. The zero-order chi connectivity index (χ0) is 15.7. The fraction of sp³-hybridized carbons (Fsp3) is 0.250. The molecule has 0 aliphatic heterocycles. The molecular formula is C16H14Br2ClFO. The van der Waals surface area contributed by atoms with Crippen molar-refractivity contribution >= 4 is 43.5 Å². The van der Waals surface area contributed by atoms with Crippen molar-refractivity contribution in [2.24, 2.45) is 0 Å². The van der Waals surface area contributed by atoms with Crippen LogP contribution in [0.2, 0.25) is 5.02 Å². The Morgan fingerprint density at radius 3 is 2.48 bits per heavy atom. The number of rotatable bonds is 3. The molecule has 0 bridgehead atoms. The van der Waals surface area contributed by atoms with Crippen molar-refractivity contribution in [1.82, 2.24) is 0 Å². The lowest BCUT2D eigenvalue weighted by Crippen LogP contribution is -2.03. The summed E-state index contributed by atoms with van der Waals surface area (Å²) in [6, 6.07) is 6.82. The second-order valence-corrected chi connectivity index (χ2v) is 6.96. The lowest BCUT2D eigenvalue weighted by Gasteiger charge is -2.20. The lowest BCUT2D eigenvalue weighted by atomic mass is 9.97. The highest BCUT2D eigenvalue weighted by Gasteiger charge is 2.22. The van der Waals surface area contributed by atoms with E-state index in [0.717, 1.165) is 32.5 Å². The minimum atomic E-state index is -0.429. The van der Waals surface area contributed by atoms with Crippen LogP contribution in [0.4, 0.5) is 4.39 Å². The Hall–Kier alpha value is -0.580. The highest BCUT2D eigenvalue weighted by Crippen LogP contribution is 2.43. The van der Waals surface area contributed by atoms with Crippen LogP contribution in [0.25, 0.3) is 0 Å². The Kier molecular flexibility index (Phi) is 5.33. The third-order valence-electron chi connectivity index (χ3n) is 3.40. The average molecular weight is 437 g/mol. The molecule has 0 fully saturated rings. The number of halogens is 4. The van der Waals surface area contributed by atoms with Gasteiger partial charge in [0.15, 0.2) is 0 Å². The highest BCUT2D eigenvalue weighted by atomic mass is 79.9. The van der Waals surface area contributed by atoms with Crippen LogP contribution < -0.4 is 4.74 Å². The predicted molar refractivity (Wildman–Crippen MR) is 92.3 cm³/mol. The van der Waals surface area contributed by atoms with Gasteiger partial charge < -0.3 is 4.74 Å². The van der Waals surface area contributed by atoms with Crippen LogP contribution in [-0.2, 0) is 0 Å². The third-order valence-corrected chi connectivity index (χ3v) is 5.52. The van der Waals surface area contributed by atoms with E-state index in [2.05, 4.69) is 31.9 Å². The van der Waals surface area contributed by atoms with Gasteiger partial charge in [-0.05, 0) is 48.7 Å². The van der Waals surface area contributed by atoms with Crippen LogP contribution in [0.1, 0.15) is 27.1 Å². The maximum absolute atomic E-state index is 13.7. The molecule has 1 nitrogen and oxygen atoms in total. The van der Waals surface area contributed by atoms with E-state index in [1.54, 1.807) is 19.2 Å². The van der Waals surface area contributed by atoms with Gasteiger partial charge in [-0.25, -0.2) is 4.39 Å². The molecule has 5 heteroatoms. The standard InChI is InChI=1S/C16H14Br2ClFO/c1-8-6-11(17)9(2)14(16(8)21-3)15(18)10-4-5-12(19)13(20)7-10/h4-7,15H,1-3H3. The van der Waals surface area contributed by atoms with Crippen LogP contribution in [0.5, 0.6) is 5.75 Å². The number of hydrogen-bond donors (Lipinski definition) is 0. The minimum absolute atomic E-state index is 0.118. The average Bonchev–Trinajstić information content (AvgIpc) is 2.44. The van der Waals surface area contributed by atoms with E-state index in [1.807, 2.05) is 19.9 Å². The summed E-state index contributed by atoms with van der Waals surface area (Å²) in [5.41, 5.74) is 3.83. The lowest BCUT2D eigenvalue weighted by molar-refractivity contribution is 0.406. The molecule has 1 atom stereocenters. The predicted octanol–water partition coefficient (Wildman–Crippen LogP) is 6.35. The molecule has 1 unspecified atom stereocenters. The van der Waals surface area contributed by atoms with Gasteiger partial charge in [0.2, 0.25) is 0 Å². The van der Waals surface area contributed by atoms with E-state index in [-0.39, 0.29) is 9.85 Å². The fourth-order valence-electron chi connectivity index (χ4n) is 2.29. The van der Waals surface area contributed by atoms with Crippen molar-refractivity contribution in [1.29, 1.82) is 0 Å². The van der Waals surface area contributed by atoms with Crippen LogP contribution in [-0.4, -0.2) is 7.11 Å². The fourth-order valence-corrected chi connectivity index (χ4v) is 3.80. The molecule has 0 saturated carbocycles. The summed E-state index contributed by atoms with van der Waals surface area (Å²) < 4.78 is 20.2. The Morgan fingerprint density at radius 1 is 1.24 bits per heavy atom. The Bertz CT molecular complexity index is 688. The van der Waals surface area contributed by atoms with Gasteiger partial charge in [-0.1, -0.05) is 49.5 Å². The normalized spacial score (nSPS) is 12.3. The largest absolute Gasteiger partial charge is 0.496 e. The molecule has 2 aromatic carbocycles. The van der Waals surface area contributed by atoms with Crippen molar-refractivity contribution < 1.29 is 9.13 Å². The van der Waals surface area contributed by atoms with E-state index in [4.69, 9.17) is 16.3 Å². The molecule has 0 N–H and O–H groups in total. The molecule has 0 radical (unpaired) electrons. The monoisotopic (exact) mass is 434 g/mol. The van der Waals surface area contributed by atoms with Gasteiger partial charge in [0, 0.05) is 10.0 Å². The number of benzene rings is 2. The molecule has 0 spiro atoms. The summed E-state index contributed by atoms with van der Waals surface area (Å²) in [5.74, 6) is 0.370. The number of methoxy groups -OCH3 is 1. The molecular weight excluding hydrogens is 422 g/mol. The SMILES string of the molecule is COc1c(C)cc(Br)c(C)c1C(Br)c1ccc(Cl)c(F)c1.